The third-order valence-corrected chi connectivity index (χ3v) is 4.47. The number of benzene rings is 2. The molecule has 2 atom stereocenters. The molecule has 0 saturated carbocycles. The maximum absolute atomic E-state index is 13.3. The van der Waals surface area contributed by atoms with Crippen molar-refractivity contribution in [2.75, 3.05) is 18.4 Å². The van der Waals surface area contributed by atoms with Crippen molar-refractivity contribution in [1.29, 1.82) is 0 Å². The van der Waals surface area contributed by atoms with Crippen molar-refractivity contribution in [3.8, 4) is 0 Å². The van der Waals surface area contributed by atoms with Gasteiger partial charge in [-0.05, 0) is 42.3 Å². The molecule has 0 aromatic heterocycles. The van der Waals surface area contributed by atoms with E-state index in [9.17, 15) is 23.1 Å². The number of nitrogens with one attached hydrogen (secondary N) is 2. The van der Waals surface area contributed by atoms with Gasteiger partial charge >= 0.3 is 12.1 Å². The average molecular weight is 431 g/mol. The molecule has 0 saturated heterocycles. The Morgan fingerprint density at radius 3 is 2.52 bits per heavy atom. The fourth-order valence-corrected chi connectivity index (χ4v) is 2.94. The number of aliphatic hydroxyl groups is 1. The number of carboxylic acids is 1. The molecule has 0 aliphatic carbocycles. The molecular formula is C20H22ClF3N2O3. The number of aliphatic hydroxyl groups excluding tert-OH is 1. The predicted molar refractivity (Wildman–Crippen MR) is 105 cm³/mol. The van der Waals surface area contributed by atoms with Crippen LogP contribution >= 0.6 is 11.6 Å². The Bertz CT molecular complexity index is 846. The molecule has 0 heterocycles. The highest BCUT2D eigenvalue weighted by atomic mass is 35.5. The number of carboxylic acid groups (broad SMARTS) is 1. The summed E-state index contributed by atoms with van der Waals surface area (Å²) in [6.07, 6.45) is -5.91. The molecule has 0 aliphatic heterocycles. The van der Waals surface area contributed by atoms with Gasteiger partial charge in [-0.3, -0.25) is 4.79 Å². The van der Waals surface area contributed by atoms with Gasteiger partial charge in [0.15, 0.2) is 0 Å². The van der Waals surface area contributed by atoms with E-state index in [1.165, 1.54) is 12.1 Å². The number of aliphatic carboxylic acids is 1. The minimum Gasteiger partial charge on any atom is -0.481 e. The summed E-state index contributed by atoms with van der Waals surface area (Å²) >= 11 is 5.89. The van der Waals surface area contributed by atoms with E-state index in [1.807, 2.05) is 0 Å². The Kier molecular flexibility index (Phi) is 7.89. The maximum Gasteiger partial charge on any atom is 0.418 e. The van der Waals surface area contributed by atoms with Crippen molar-refractivity contribution >= 4 is 23.3 Å². The van der Waals surface area contributed by atoms with Crippen LogP contribution < -0.4 is 10.6 Å². The van der Waals surface area contributed by atoms with E-state index in [-0.39, 0.29) is 30.4 Å². The number of hydrogen-bond donors (Lipinski definition) is 4. The molecule has 4 N–H and O–H groups in total. The highest BCUT2D eigenvalue weighted by Crippen LogP contribution is 2.35. The van der Waals surface area contributed by atoms with Gasteiger partial charge in [0.2, 0.25) is 0 Å². The lowest BCUT2D eigenvalue weighted by Crippen LogP contribution is -2.35. The van der Waals surface area contributed by atoms with Crippen LogP contribution in [-0.4, -0.2) is 35.3 Å². The Labute approximate surface area is 171 Å². The van der Waals surface area contributed by atoms with Crippen LogP contribution in [0.25, 0.3) is 0 Å². The van der Waals surface area contributed by atoms with E-state index in [0.29, 0.717) is 10.6 Å². The van der Waals surface area contributed by atoms with Crippen molar-refractivity contribution in [1.82, 2.24) is 5.32 Å². The molecule has 0 radical (unpaired) electrons. The summed E-state index contributed by atoms with van der Waals surface area (Å²) in [6.45, 7) is 2.14. The van der Waals surface area contributed by atoms with Gasteiger partial charge in [-0.15, -0.1) is 0 Å². The number of halogens is 4. The smallest absolute Gasteiger partial charge is 0.418 e. The molecular weight excluding hydrogens is 409 g/mol. The van der Waals surface area contributed by atoms with E-state index in [0.717, 1.165) is 6.07 Å². The zero-order chi connectivity index (χ0) is 21.6. The zero-order valence-electron chi connectivity index (χ0n) is 15.6. The summed E-state index contributed by atoms with van der Waals surface area (Å²) in [4.78, 5) is 10.7. The fourth-order valence-electron chi connectivity index (χ4n) is 2.74. The second-order valence-corrected chi connectivity index (χ2v) is 7.15. The van der Waals surface area contributed by atoms with Crippen molar-refractivity contribution in [2.24, 2.45) is 0 Å². The lowest BCUT2D eigenvalue weighted by Gasteiger charge is -2.20. The summed E-state index contributed by atoms with van der Waals surface area (Å²) in [5.74, 6) is -1.20. The Hall–Kier alpha value is -2.29. The second-order valence-electron chi connectivity index (χ2n) is 6.71. The first kappa shape index (κ1) is 23.0. The van der Waals surface area contributed by atoms with E-state index in [1.54, 1.807) is 31.2 Å². The van der Waals surface area contributed by atoms with Gasteiger partial charge in [0.1, 0.15) is 0 Å². The SMILES string of the molecule is C[C@H](CNc1ccc(CC(=O)O)cc1C(F)(F)F)NC[C@H](O)c1cccc(Cl)c1. The fraction of sp³-hybridized carbons (Fsp3) is 0.350. The van der Waals surface area contributed by atoms with E-state index >= 15 is 0 Å². The molecule has 0 spiro atoms. The molecule has 5 nitrogen and oxygen atoms in total. The van der Waals surface area contributed by atoms with Crippen LogP contribution in [0.4, 0.5) is 18.9 Å². The lowest BCUT2D eigenvalue weighted by atomic mass is 10.1. The van der Waals surface area contributed by atoms with E-state index < -0.39 is 30.2 Å². The molecule has 29 heavy (non-hydrogen) atoms. The van der Waals surface area contributed by atoms with Crippen LogP contribution in [0.2, 0.25) is 5.02 Å². The Morgan fingerprint density at radius 1 is 1.17 bits per heavy atom. The highest BCUT2D eigenvalue weighted by molar-refractivity contribution is 6.30. The Morgan fingerprint density at radius 2 is 1.90 bits per heavy atom. The van der Waals surface area contributed by atoms with Crippen LogP contribution in [-0.2, 0) is 17.4 Å². The normalized spacial score (nSPS) is 13.7. The molecule has 2 aromatic rings. The summed E-state index contributed by atoms with van der Waals surface area (Å²) in [6, 6.07) is 9.97. The first-order valence-corrected chi connectivity index (χ1v) is 9.26. The second kappa shape index (κ2) is 9.96. The zero-order valence-corrected chi connectivity index (χ0v) is 16.4. The molecule has 9 heteroatoms. The van der Waals surface area contributed by atoms with Gasteiger partial charge in [-0.1, -0.05) is 29.8 Å². The van der Waals surface area contributed by atoms with Crippen molar-refractivity contribution < 1.29 is 28.2 Å². The largest absolute Gasteiger partial charge is 0.481 e. The van der Waals surface area contributed by atoms with Crippen molar-refractivity contribution in [3.63, 3.8) is 0 Å². The Balaban J connectivity index is 1.96. The number of alkyl halides is 3. The number of rotatable bonds is 9. The molecule has 0 unspecified atom stereocenters. The number of anilines is 1. The van der Waals surface area contributed by atoms with Gasteiger partial charge in [-0.2, -0.15) is 13.2 Å². The lowest BCUT2D eigenvalue weighted by molar-refractivity contribution is -0.138. The van der Waals surface area contributed by atoms with Gasteiger partial charge in [0.05, 0.1) is 18.1 Å². The van der Waals surface area contributed by atoms with Crippen LogP contribution in [0, 0.1) is 0 Å². The topological polar surface area (TPSA) is 81.6 Å². The molecule has 2 rings (SSSR count). The van der Waals surface area contributed by atoms with Crippen LogP contribution in [0.5, 0.6) is 0 Å². The summed E-state index contributed by atoms with van der Waals surface area (Å²) in [5, 5.41) is 25.3. The minimum absolute atomic E-state index is 0.0752. The van der Waals surface area contributed by atoms with Crippen LogP contribution in [0.15, 0.2) is 42.5 Å². The quantitative estimate of drug-likeness (QED) is 0.481. The number of carbonyl (C=O) groups is 1. The minimum atomic E-state index is -4.61. The summed E-state index contributed by atoms with van der Waals surface area (Å²) < 4.78 is 40.0. The van der Waals surface area contributed by atoms with Gasteiger partial charge in [-0.25, -0.2) is 0 Å². The van der Waals surface area contributed by atoms with Crippen molar-refractivity contribution in [3.05, 3.63) is 64.2 Å². The molecule has 0 fully saturated rings. The van der Waals surface area contributed by atoms with E-state index in [4.69, 9.17) is 16.7 Å². The maximum atomic E-state index is 13.3. The van der Waals surface area contributed by atoms with Gasteiger partial charge in [0.25, 0.3) is 0 Å². The van der Waals surface area contributed by atoms with E-state index in [2.05, 4.69) is 10.6 Å². The first-order chi connectivity index (χ1) is 13.6. The molecule has 0 amide bonds. The third-order valence-electron chi connectivity index (χ3n) is 4.24. The monoisotopic (exact) mass is 430 g/mol. The molecule has 2 aromatic carbocycles. The summed E-state index contributed by atoms with van der Waals surface area (Å²) in [7, 11) is 0. The van der Waals surface area contributed by atoms with Gasteiger partial charge < -0.3 is 20.8 Å². The summed E-state index contributed by atoms with van der Waals surface area (Å²) in [5.41, 5.74) is -0.331. The first-order valence-electron chi connectivity index (χ1n) is 8.89. The molecule has 158 valence electrons. The number of hydrogen-bond acceptors (Lipinski definition) is 4. The molecule has 0 bridgehead atoms. The highest BCUT2D eigenvalue weighted by Gasteiger charge is 2.34. The van der Waals surface area contributed by atoms with Crippen LogP contribution in [0.1, 0.15) is 29.7 Å². The van der Waals surface area contributed by atoms with Gasteiger partial charge in [0, 0.05) is 29.8 Å². The predicted octanol–water partition coefficient (Wildman–Crippen LogP) is 4.11. The third kappa shape index (κ3) is 7.23. The standard InChI is InChI=1S/C20H22ClF3N2O3/c1-12(25-11-18(27)14-3-2-4-15(21)9-14)10-26-17-6-5-13(8-19(28)29)7-16(17)20(22,23)24/h2-7,9,12,18,25-27H,8,10-11H2,1H3,(H,28,29)/t12-,18+/m1/s1. The van der Waals surface area contributed by atoms with Crippen LogP contribution in [0.3, 0.4) is 0 Å². The van der Waals surface area contributed by atoms with Crippen molar-refractivity contribution in [2.45, 2.75) is 31.7 Å². The average Bonchev–Trinajstić information content (AvgIpc) is 2.63. The molecule has 0 aliphatic rings.